The number of carboxylic acids is 1. The predicted octanol–water partition coefficient (Wildman–Crippen LogP) is 11.1. The van der Waals surface area contributed by atoms with Crippen molar-refractivity contribution in [3.8, 4) is 0 Å². The van der Waals surface area contributed by atoms with Crippen LogP contribution in [0.4, 0.5) is 0 Å². The number of carboxylic acid groups (broad SMARTS) is 1. The van der Waals surface area contributed by atoms with E-state index in [2.05, 4.69) is 23.3 Å². The Bertz CT molecular complexity index is 3590. The van der Waals surface area contributed by atoms with Gasteiger partial charge in [0.05, 0.1) is 62.2 Å². The molecule has 3 saturated heterocycles. The maximum Gasteiger partial charge on any atom is 0.352 e. The van der Waals surface area contributed by atoms with Crippen LogP contribution in [0.15, 0.2) is 128 Å². The molecule has 1 saturated carbocycles. The third-order valence-electron chi connectivity index (χ3n) is 18.3. The van der Waals surface area contributed by atoms with Crippen molar-refractivity contribution < 1.29 is 63.3 Å². The zero-order chi connectivity index (χ0) is 62.0. The second kappa shape index (κ2) is 29.6. The van der Waals surface area contributed by atoms with Crippen LogP contribution in [0.5, 0.6) is 0 Å². The summed E-state index contributed by atoms with van der Waals surface area (Å²) in [5.74, 6) is 2.82. The van der Waals surface area contributed by atoms with Gasteiger partial charge in [-0.2, -0.15) is 0 Å². The molecular formula is C66H75Cl3N8O13. The van der Waals surface area contributed by atoms with Gasteiger partial charge in [-0.05, 0) is 199 Å². The van der Waals surface area contributed by atoms with Crippen molar-refractivity contribution in [3.05, 3.63) is 212 Å². The SMILES string of the molecule is COC(=O)c1ccc2c(c1)C1CCC2C1.COC(=O)c1ccc2c(c1)C1CCC2N1.COC(=O)c1ccc2c(c1)C1CCC2N1C(=O)c1cccn1C.Cl.Cl.Cl.Cn1cccc1C(=O)N1C2CCC1c1cc(C(=O)NO)ccc12.Cn1cccc1C(=O)O.NO. The van der Waals surface area contributed by atoms with Crippen LogP contribution >= 0.6 is 37.2 Å². The van der Waals surface area contributed by atoms with Crippen LogP contribution in [0, 0.1) is 0 Å². The van der Waals surface area contributed by atoms with E-state index in [4.69, 9.17) is 29.7 Å². The molecule has 4 aromatic carbocycles. The van der Waals surface area contributed by atoms with Crippen molar-refractivity contribution >= 4 is 78.8 Å². The zero-order valence-corrected chi connectivity index (χ0v) is 53.0. The monoisotopic (exact) mass is 1290 g/mol. The molecule has 3 amide bonds. The molecule has 8 atom stereocenters. The van der Waals surface area contributed by atoms with E-state index in [-0.39, 0.29) is 91.1 Å². The van der Waals surface area contributed by atoms with E-state index in [9.17, 15) is 33.6 Å². The molecule has 8 unspecified atom stereocenters. The molecule has 8 bridgehead atoms. The average Bonchev–Trinajstić information content (AvgIpc) is 1.65. The molecule has 24 heteroatoms. The summed E-state index contributed by atoms with van der Waals surface area (Å²) in [6.07, 6.45) is 15.5. The van der Waals surface area contributed by atoms with E-state index in [0.717, 1.165) is 53.9 Å². The Morgan fingerprint density at radius 2 is 0.811 bits per heavy atom. The van der Waals surface area contributed by atoms with E-state index in [1.807, 2.05) is 112 Å². The number of aryl methyl sites for hydroxylation is 3. The van der Waals surface area contributed by atoms with Crippen LogP contribution in [0.3, 0.4) is 0 Å². The molecule has 4 fully saturated rings. The second-order valence-electron chi connectivity index (χ2n) is 22.8. The number of nitrogens with zero attached hydrogens (tertiary/aromatic N) is 5. The Balaban J connectivity index is 0.000000162. The number of nitrogens with one attached hydrogen (secondary N) is 2. The average molecular weight is 1290 g/mol. The number of hydrogen-bond donors (Lipinski definition) is 6. The fourth-order valence-corrected chi connectivity index (χ4v) is 14.3. The van der Waals surface area contributed by atoms with Gasteiger partial charge in [0.25, 0.3) is 17.7 Å². The minimum atomic E-state index is -0.887. The topological polar surface area (TPSA) is 279 Å². The predicted molar refractivity (Wildman–Crippen MR) is 339 cm³/mol. The molecule has 478 valence electrons. The number of rotatable bonds is 7. The number of halogens is 3. The first-order valence-electron chi connectivity index (χ1n) is 29.0. The van der Waals surface area contributed by atoms with Crippen molar-refractivity contribution in [3.63, 3.8) is 0 Å². The smallest absolute Gasteiger partial charge is 0.352 e. The van der Waals surface area contributed by atoms with E-state index in [1.165, 1.54) is 75.7 Å². The van der Waals surface area contributed by atoms with Crippen LogP contribution < -0.4 is 16.7 Å². The first kappa shape index (κ1) is 69.2. The number of aromatic nitrogens is 3. The Morgan fingerprint density at radius 3 is 1.21 bits per heavy atom. The number of methoxy groups -OCH3 is 3. The van der Waals surface area contributed by atoms with Gasteiger partial charge in [0, 0.05) is 57.4 Å². The molecule has 2 aliphatic carbocycles. The van der Waals surface area contributed by atoms with E-state index in [0.29, 0.717) is 57.3 Å². The lowest BCUT2D eigenvalue weighted by Crippen LogP contribution is -2.29. The van der Waals surface area contributed by atoms with E-state index >= 15 is 0 Å². The molecule has 15 rings (SSSR count). The van der Waals surface area contributed by atoms with Gasteiger partial charge in [0.1, 0.15) is 17.1 Å². The van der Waals surface area contributed by atoms with Gasteiger partial charge in [-0.3, -0.25) is 19.6 Å². The van der Waals surface area contributed by atoms with Gasteiger partial charge >= 0.3 is 23.9 Å². The number of nitrogens with two attached hydrogens (primary N) is 1. The summed E-state index contributed by atoms with van der Waals surface area (Å²) >= 11 is 0. The summed E-state index contributed by atoms with van der Waals surface area (Å²) in [7, 11) is 9.67. The first-order valence-corrected chi connectivity index (χ1v) is 29.0. The van der Waals surface area contributed by atoms with Gasteiger partial charge < -0.3 is 53.3 Å². The maximum absolute atomic E-state index is 12.9. The highest BCUT2D eigenvalue weighted by Crippen LogP contribution is 2.56. The fraction of sp³-hybridized carbons (Fsp3) is 0.348. The lowest BCUT2D eigenvalue weighted by Gasteiger charge is -2.22. The van der Waals surface area contributed by atoms with E-state index in [1.54, 1.807) is 53.6 Å². The molecule has 3 aromatic heterocycles. The number of carbonyl (C=O) groups is 7. The third kappa shape index (κ3) is 13.2. The first-order chi connectivity index (χ1) is 42.0. The van der Waals surface area contributed by atoms with Crippen LogP contribution in [0.2, 0.25) is 0 Å². The van der Waals surface area contributed by atoms with Crippen molar-refractivity contribution in [2.45, 2.75) is 106 Å². The normalized spacial score (nSPS) is 20.8. The standard InChI is InChI=1S/C18H18N2O3.C17H17N3O3.C13H14O2.C12H13NO2.C6H7NO2.3ClH.H3NO/c1-19-9-3-4-16(19)17(21)20-14-7-8-15(20)13-10-11(18(22)23-2)5-6-12(13)14;1-19-8-2-3-15(19)17(22)20-13-6-7-14(20)12-9-10(16(21)18-23)4-5-11(12)13;1-15-13(14)10-4-5-11-8-2-3-9(6-8)12(11)7-10;1-15-12(14)7-2-3-8-9(6-7)11-5-4-10(8)13-11;1-7-4-2-3-5(7)6(8)9;;;;1-2/h3-6,9-10,14-15H,7-8H2,1-2H3;2-5,8-9,13-14,23H,6-7H2,1H3,(H,18,21);4-5,7-9H,2-3,6H2,1H3;2-3,6,10-11,13H,4-5H2,1H3;2-4H,1H3,(H,8,9);3*1H;2H,1H2. The summed E-state index contributed by atoms with van der Waals surface area (Å²) in [5.41, 5.74) is 15.5. The quantitative estimate of drug-likeness (QED) is 0.0375. The number of aromatic carboxylic acids is 1. The molecule has 90 heavy (non-hydrogen) atoms. The molecule has 0 radical (unpaired) electrons. The highest BCUT2D eigenvalue weighted by atomic mass is 35.5. The number of carbonyl (C=O) groups excluding carboxylic acids is 6. The molecule has 7 N–H and O–H groups in total. The van der Waals surface area contributed by atoms with Gasteiger partial charge in [0.2, 0.25) is 0 Å². The molecule has 8 aliphatic rings. The number of hydrogen-bond acceptors (Lipinski definition) is 14. The summed E-state index contributed by atoms with van der Waals surface area (Å²) in [4.78, 5) is 86.2. The van der Waals surface area contributed by atoms with Crippen LogP contribution in [0.1, 0.15) is 223 Å². The van der Waals surface area contributed by atoms with E-state index < -0.39 is 11.9 Å². The number of benzene rings is 4. The summed E-state index contributed by atoms with van der Waals surface area (Å²) in [6, 6.07) is 34.8. The number of hydroxylamine groups is 1. The maximum atomic E-state index is 12.9. The van der Waals surface area contributed by atoms with Crippen molar-refractivity contribution in [1.82, 2.24) is 34.3 Å². The molecule has 9 heterocycles. The molecule has 6 aliphatic heterocycles. The Labute approximate surface area is 539 Å². The number of amides is 3. The highest BCUT2D eigenvalue weighted by Gasteiger charge is 2.49. The Kier molecular flexibility index (Phi) is 22.7. The van der Waals surface area contributed by atoms with Gasteiger partial charge in [-0.15, -0.1) is 37.2 Å². The van der Waals surface area contributed by atoms with Crippen LogP contribution in [-0.4, -0.2) is 102 Å². The minimum absolute atomic E-state index is 0. The molecule has 0 spiro atoms. The van der Waals surface area contributed by atoms with Crippen LogP contribution in [0.25, 0.3) is 0 Å². The molecule has 21 nitrogen and oxygen atoms in total. The zero-order valence-electron chi connectivity index (χ0n) is 50.6. The minimum Gasteiger partial charge on any atom is -0.477 e. The largest absolute Gasteiger partial charge is 0.477 e. The van der Waals surface area contributed by atoms with Gasteiger partial charge in [0.15, 0.2) is 0 Å². The number of fused-ring (bicyclic) bond motifs is 20. The highest BCUT2D eigenvalue weighted by molar-refractivity contribution is 5.97. The summed E-state index contributed by atoms with van der Waals surface area (Å²) < 4.78 is 19.5. The van der Waals surface area contributed by atoms with Crippen LogP contribution in [-0.2, 0) is 35.4 Å². The van der Waals surface area contributed by atoms with Crippen molar-refractivity contribution in [2.75, 3.05) is 21.3 Å². The van der Waals surface area contributed by atoms with Crippen molar-refractivity contribution in [2.24, 2.45) is 27.0 Å². The third-order valence-corrected chi connectivity index (χ3v) is 18.3. The lowest BCUT2D eigenvalue weighted by atomic mass is 9.90. The molecule has 7 aromatic rings. The molecular weight excluding hydrogens is 1220 g/mol. The summed E-state index contributed by atoms with van der Waals surface area (Å²) in [5, 5.41) is 27.3. The Hall–Kier alpha value is -8.28. The Morgan fingerprint density at radius 1 is 0.456 bits per heavy atom. The van der Waals surface area contributed by atoms with Crippen molar-refractivity contribution in [1.29, 1.82) is 0 Å². The van der Waals surface area contributed by atoms with Gasteiger partial charge in [-0.25, -0.2) is 30.6 Å². The summed E-state index contributed by atoms with van der Waals surface area (Å²) in [6.45, 7) is 0. The second-order valence-corrected chi connectivity index (χ2v) is 22.8. The van der Waals surface area contributed by atoms with Gasteiger partial charge in [-0.1, -0.05) is 24.3 Å². The lowest BCUT2D eigenvalue weighted by molar-refractivity contribution is 0.0591. The number of esters is 3. The fourth-order valence-electron chi connectivity index (χ4n) is 14.3. The number of ether oxygens (including phenoxy) is 3.